The number of carbonyl (C=O) groups excluding carboxylic acids is 1. The van der Waals surface area contributed by atoms with Crippen molar-refractivity contribution in [3.8, 4) is 28.5 Å². The van der Waals surface area contributed by atoms with E-state index in [0.29, 0.717) is 23.2 Å². The van der Waals surface area contributed by atoms with Gasteiger partial charge in [-0.25, -0.2) is 4.98 Å². The zero-order valence-electron chi connectivity index (χ0n) is 18.6. The van der Waals surface area contributed by atoms with Gasteiger partial charge < -0.3 is 14.2 Å². The van der Waals surface area contributed by atoms with E-state index in [9.17, 15) is 4.79 Å². The summed E-state index contributed by atoms with van der Waals surface area (Å²) in [6, 6.07) is 13.3. The standard InChI is InChI=1S/C25H28N2O4S/c1-4-5-6-14-31-22-12-10-18(15-23(22)30-3)11-13-24(28)27-25-26-21(17-32-25)19-8-7-9-20(16-19)29-2/h7-13,15-17H,4-6,14H2,1-3H3,(H,26,27,28). The third kappa shape index (κ3) is 6.59. The number of methoxy groups -OCH3 is 2. The lowest BCUT2D eigenvalue weighted by molar-refractivity contribution is -0.111. The molecular formula is C25H28N2O4S. The van der Waals surface area contributed by atoms with Crippen molar-refractivity contribution in [1.29, 1.82) is 0 Å². The number of anilines is 1. The normalized spacial score (nSPS) is 10.8. The minimum atomic E-state index is -0.254. The monoisotopic (exact) mass is 452 g/mol. The van der Waals surface area contributed by atoms with Crippen molar-refractivity contribution < 1.29 is 19.0 Å². The Hall–Kier alpha value is -3.32. The average molecular weight is 453 g/mol. The van der Waals surface area contributed by atoms with Crippen LogP contribution in [-0.2, 0) is 4.79 Å². The number of rotatable bonds is 11. The van der Waals surface area contributed by atoms with E-state index in [1.54, 1.807) is 20.3 Å². The van der Waals surface area contributed by atoms with E-state index in [4.69, 9.17) is 14.2 Å². The summed E-state index contributed by atoms with van der Waals surface area (Å²) in [5.41, 5.74) is 2.56. The molecule has 1 N–H and O–H groups in total. The number of hydrogen-bond acceptors (Lipinski definition) is 6. The molecule has 0 radical (unpaired) electrons. The van der Waals surface area contributed by atoms with Crippen molar-refractivity contribution >= 4 is 28.5 Å². The molecule has 0 unspecified atom stereocenters. The van der Waals surface area contributed by atoms with Gasteiger partial charge in [-0.3, -0.25) is 10.1 Å². The van der Waals surface area contributed by atoms with Gasteiger partial charge in [-0.15, -0.1) is 11.3 Å². The van der Waals surface area contributed by atoms with E-state index in [2.05, 4.69) is 17.2 Å². The number of amides is 1. The Balaban J connectivity index is 1.60. The molecule has 1 amide bonds. The van der Waals surface area contributed by atoms with Gasteiger partial charge in [-0.1, -0.05) is 38.0 Å². The lowest BCUT2D eigenvalue weighted by atomic mass is 10.2. The molecule has 0 fully saturated rings. The van der Waals surface area contributed by atoms with Gasteiger partial charge in [0.2, 0.25) is 5.91 Å². The van der Waals surface area contributed by atoms with Gasteiger partial charge in [0.1, 0.15) is 5.75 Å². The Morgan fingerprint density at radius 2 is 1.97 bits per heavy atom. The second-order valence-electron chi connectivity index (χ2n) is 7.06. The molecular weight excluding hydrogens is 424 g/mol. The molecule has 7 heteroatoms. The molecule has 1 aromatic heterocycles. The molecule has 0 aliphatic carbocycles. The topological polar surface area (TPSA) is 69.7 Å². The highest BCUT2D eigenvalue weighted by atomic mass is 32.1. The maximum Gasteiger partial charge on any atom is 0.250 e. The molecule has 0 saturated carbocycles. The second kappa shape index (κ2) is 11.9. The van der Waals surface area contributed by atoms with Gasteiger partial charge in [0, 0.05) is 17.0 Å². The van der Waals surface area contributed by atoms with E-state index in [0.717, 1.165) is 41.8 Å². The van der Waals surface area contributed by atoms with Gasteiger partial charge >= 0.3 is 0 Å². The molecule has 0 aliphatic heterocycles. The van der Waals surface area contributed by atoms with Gasteiger partial charge in [-0.2, -0.15) is 0 Å². The summed E-state index contributed by atoms with van der Waals surface area (Å²) in [5.74, 6) is 1.86. The Kier molecular flexibility index (Phi) is 8.69. The number of aromatic nitrogens is 1. The minimum Gasteiger partial charge on any atom is -0.497 e. The first-order valence-electron chi connectivity index (χ1n) is 10.5. The smallest absolute Gasteiger partial charge is 0.250 e. The second-order valence-corrected chi connectivity index (χ2v) is 7.92. The summed E-state index contributed by atoms with van der Waals surface area (Å²) in [4.78, 5) is 16.8. The van der Waals surface area contributed by atoms with Gasteiger partial charge in [0.15, 0.2) is 16.6 Å². The largest absolute Gasteiger partial charge is 0.497 e. The number of carbonyl (C=O) groups is 1. The van der Waals surface area contributed by atoms with Crippen LogP contribution in [0, 0.1) is 0 Å². The number of nitrogens with one attached hydrogen (secondary N) is 1. The van der Waals surface area contributed by atoms with Crippen LogP contribution in [0.15, 0.2) is 53.9 Å². The van der Waals surface area contributed by atoms with Gasteiger partial charge in [0.25, 0.3) is 0 Å². The third-order valence-electron chi connectivity index (χ3n) is 4.72. The maximum absolute atomic E-state index is 12.3. The fraction of sp³-hybridized carbons (Fsp3) is 0.280. The number of ether oxygens (including phenoxy) is 3. The fourth-order valence-electron chi connectivity index (χ4n) is 3.01. The predicted molar refractivity (Wildman–Crippen MR) is 130 cm³/mol. The summed E-state index contributed by atoms with van der Waals surface area (Å²) in [7, 11) is 3.23. The van der Waals surface area contributed by atoms with Crippen LogP contribution in [0.25, 0.3) is 17.3 Å². The average Bonchev–Trinajstić information content (AvgIpc) is 3.29. The molecule has 0 atom stereocenters. The van der Waals surface area contributed by atoms with Crippen LogP contribution in [0.4, 0.5) is 5.13 Å². The molecule has 3 rings (SSSR count). The van der Waals surface area contributed by atoms with Crippen molar-refractivity contribution in [3.05, 3.63) is 59.5 Å². The molecule has 1 heterocycles. The Bertz CT molecular complexity index is 1060. The summed E-state index contributed by atoms with van der Waals surface area (Å²) >= 11 is 1.37. The Morgan fingerprint density at radius 3 is 2.75 bits per heavy atom. The summed E-state index contributed by atoms with van der Waals surface area (Å²) < 4.78 is 16.5. The summed E-state index contributed by atoms with van der Waals surface area (Å²) in [5, 5.41) is 5.24. The molecule has 168 valence electrons. The van der Waals surface area contributed by atoms with E-state index >= 15 is 0 Å². The number of thiazole rings is 1. The SMILES string of the molecule is CCCCCOc1ccc(C=CC(=O)Nc2nc(-c3cccc(OC)c3)cs2)cc1OC. The van der Waals surface area contributed by atoms with Gasteiger partial charge in [-0.05, 0) is 42.3 Å². The number of benzene rings is 2. The predicted octanol–water partition coefficient (Wildman–Crippen LogP) is 6.05. The summed E-state index contributed by atoms with van der Waals surface area (Å²) in [6.07, 6.45) is 6.50. The lowest BCUT2D eigenvalue weighted by Gasteiger charge is -2.11. The van der Waals surface area contributed by atoms with E-state index < -0.39 is 0 Å². The highest BCUT2D eigenvalue weighted by Crippen LogP contribution is 2.29. The van der Waals surface area contributed by atoms with Crippen molar-refractivity contribution in [2.24, 2.45) is 0 Å². The van der Waals surface area contributed by atoms with Crippen molar-refractivity contribution in [3.63, 3.8) is 0 Å². The van der Waals surface area contributed by atoms with E-state index in [-0.39, 0.29) is 5.91 Å². The molecule has 32 heavy (non-hydrogen) atoms. The van der Waals surface area contributed by atoms with Crippen LogP contribution in [0.2, 0.25) is 0 Å². The Morgan fingerprint density at radius 1 is 1.09 bits per heavy atom. The van der Waals surface area contributed by atoms with E-state index in [1.807, 2.05) is 47.8 Å². The van der Waals surface area contributed by atoms with Crippen molar-refractivity contribution in [2.45, 2.75) is 26.2 Å². The molecule has 3 aromatic rings. The van der Waals surface area contributed by atoms with Crippen LogP contribution >= 0.6 is 11.3 Å². The molecule has 2 aromatic carbocycles. The first-order valence-corrected chi connectivity index (χ1v) is 11.4. The fourth-order valence-corrected chi connectivity index (χ4v) is 3.73. The molecule has 0 saturated heterocycles. The maximum atomic E-state index is 12.3. The first kappa shape index (κ1) is 23.3. The zero-order valence-corrected chi connectivity index (χ0v) is 19.4. The highest BCUT2D eigenvalue weighted by molar-refractivity contribution is 7.14. The first-order chi connectivity index (χ1) is 15.6. The van der Waals surface area contributed by atoms with Crippen LogP contribution in [-0.4, -0.2) is 31.7 Å². The van der Waals surface area contributed by atoms with Crippen LogP contribution in [0.5, 0.6) is 17.2 Å². The quantitative estimate of drug-likeness (QED) is 0.283. The molecule has 0 spiro atoms. The summed E-state index contributed by atoms with van der Waals surface area (Å²) in [6.45, 7) is 2.82. The van der Waals surface area contributed by atoms with Crippen LogP contribution in [0.1, 0.15) is 31.7 Å². The zero-order chi connectivity index (χ0) is 22.8. The number of hydrogen-bond donors (Lipinski definition) is 1. The molecule has 0 aliphatic rings. The molecule has 0 bridgehead atoms. The lowest BCUT2D eigenvalue weighted by Crippen LogP contribution is -2.07. The number of unbranched alkanes of at least 4 members (excludes halogenated alkanes) is 2. The van der Waals surface area contributed by atoms with Crippen molar-refractivity contribution in [1.82, 2.24) is 4.98 Å². The van der Waals surface area contributed by atoms with Crippen LogP contribution in [0.3, 0.4) is 0 Å². The third-order valence-corrected chi connectivity index (χ3v) is 5.48. The van der Waals surface area contributed by atoms with E-state index in [1.165, 1.54) is 17.4 Å². The van der Waals surface area contributed by atoms with Crippen molar-refractivity contribution in [2.75, 3.05) is 26.1 Å². The van der Waals surface area contributed by atoms with Gasteiger partial charge in [0.05, 0.1) is 26.5 Å². The highest BCUT2D eigenvalue weighted by Gasteiger charge is 2.08. The number of nitrogens with zero attached hydrogens (tertiary/aromatic N) is 1. The minimum absolute atomic E-state index is 0.254. The van der Waals surface area contributed by atoms with Crippen LogP contribution < -0.4 is 19.5 Å². The Labute approximate surface area is 192 Å². The molecule has 6 nitrogen and oxygen atoms in total.